The molecule has 0 fully saturated rings. The highest BCUT2D eigenvalue weighted by atomic mass is 19.2. The predicted octanol–water partition coefficient (Wildman–Crippen LogP) is 2.98. The standard InChI is InChI=1S/C7H6F4/c1-3-6(10)4(8)2-5(9)7(3)11/h2-3,6H,1H3/t3-,6?/m0/s1. The number of hydrogen-bond donors (Lipinski definition) is 0. The van der Waals surface area contributed by atoms with Crippen LogP contribution in [-0.2, 0) is 0 Å². The van der Waals surface area contributed by atoms with Gasteiger partial charge < -0.3 is 0 Å². The van der Waals surface area contributed by atoms with Crippen molar-refractivity contribution in [1.29, 1.82) is 0 Å². The van der Waals surface area contributed by atoms with Crippen molar-refractivity contribution in [2.45, 2.75) is 13.1 Å². The molecule has 0 radical (unpaired) electrons. The third-order valence-corrected chi connectivity index (χ3v) is 1.59. The van der Waals surface area contributed by atoms with Gasteiger partial charge in [0.1, 0.15) is 11.7 Å². The lowest BCUT2D eigenvalue weighted by Crippen LogP contribution is -2.18. The lowest BCUT2D eigenvalue weighted by Gasteiger charge is -2.17. The first-order valence-corrected chi connectivity index (χ1v) is 3.10. The van der Waals surface area contributed by atoms with Crippen molar-refractivity contribution >= 4 is 0 Å². The number of allylic oxidation sites excluding steroid dienone is 4. The second kappa shape index (κ2) is 2.68. The molecular weight excluding hydrogens is 160 g/mol. The summed E-state index contributed by atoms with van der Waals surface area (Å²) >= 11 is 0. The van der Waals surface area contributed by atoms with E-state index in [-0.39, 0.29) is 6.08 Å². The van der Waals surface area contributed by atoms with Crippen LogP contribution in [-0.4, -0.2) is 6.17 Å². The van der Waals surface area contributed by atoms with Gasteiger partial charge in [-0.2, -0.15) is 0 Å². The van der Waals surface area contributed by atoms with E-state index in [2.05, 4.69) is 0 Å². The maximum absolute atomic E-state index is 12.5. The molecule has 1 aliphatic carbocycles. The summed E-state index contributed by atoms with van der Waals surface area (Å²) in [4.78, 5) is 0. The molecule has 1 aliphatic rings. The Kier molecular flexibility index (Phi) is 2.02. The van der Waals surface area contributed by atoms with Crippen LogP contribution in [0.15, 0.2) is 23.6 Å². The van der Waals surface area contributed by atoms with Gasteiger partial charge in [-0.25, -0.2) is 17.6 Å². The summed E-state index contributed by atoms with van der Waals surface area (Å²) in [5.41, 5.74) is 0. The Morgan fingerprint density at radius 1 is 1.27 bits per heavy atom. The number of alkyl halides is 1. The molecule has 0 heterocycles. The molecule has 0 N–H and O–H groups in total. The van der Waals surface area contributed by atoms with E-state index in [1.54, 1.807) is 0 Å². The van der Waals surface area contributed by atoms with Crippen molar-refractivity contribution < 1.29 is 17.6 Å². The van der Waals surface area contributed by atoms with Gasteiger partial charge in [0.05, 0.1) is 0 Å². The molecule has 0 nitrogen and oxygen atoms in total. The minimum atomic E-state index is -2.05. The van der Waals surface area contributed by atoms with Crippen molar-refractivity contribution in [3.05, 3.63) is 23.6 Å². The minimum absolute atomic E-state index is 0.236. The van der Waals surface area contributed by atoms with Crippen molar-refractivity contribution in [2.24, 2.45) is 5.92 Å². The monoisotopic (exact) mass is 166 g/mol. The molecule has 11 heavy (non-hydrogen) atoms. The summed E-state index contributed by atoms with van der Waals surface area (Å²) in [5.74, 6) is -5.14. The van der Waals surface area contributed by atoms with E-state index in [1.165, 1.54) is 0 Å². The molecule has 0 amide bonds. The molecule has 0 spiro atoms. The minimum Gasteiger partial charge on any atom is -0.239 e. The average Bonchev–Trinajstić information content (AvgIpc) is 1.97. The zero-order valence-electron chi connectivity index (χ0n) is 5.74. The highest BCUT2D eigenvalue weighted by Gasteiger charge is 2.31. The largest absolute Gasteiger partial charge is 0.239 e. The quantitative estimate of drug-likeness (QED) is 0.485. The molecule has 0 aromatic carbocycles. The lowest BCUT2D eigenvalue weighted by molar-refractivity contribution is 0.231. The van der Waals surface area contributed by atoms with Gasteiger partial charge in [0, 0.05) is 12.0 Å². The van der Waals surface area contributed by atoms with E-state index in [0.717, 1.165) is 6.92 Å². The smallest absolute Gasteiger partial charge is 0.160 e. The second-order valence-electron chi connectivity index (χ2n) is 2.42. The predicted molar refractivity (Wildman–Crippen MR) is 32.5 cm³/mol. The first-order valence-electron chi connectivity index (χ1n) is 3.10. The maximum Gasteiger partial charge on any atom is 0.160 e. The molecule has 2 atom stereocenters. The molecule has 62 valence electrons. The Balaban J connectivity index is 3.01. The van der Waals surface area contributed by atoms with Gasteiger partial charge in [-0.1, -0.05) is 6.92 Å². The summed E-state index contributed by atoms with van der Waals surface area (Å²) in [6.45, 7) is 1.09. The summed E-state index contributed by atoms with van der Waals surface area (Å²) in [5, 5.41) is 0. The lowest BCUT2D eigenvalue weighted by atomic mass is 9.98. The van der Waals surface area contributed by atoms with E-state index >= 15 is 0 Å². The van der Waals surface area contributed by atoms with Crippen LogP contribution in [0, 0.1) is 5.92 Å². The third kappa shape index (κ3) is 1.29. The number of rotatable bonds is 0. The SMILES string of the molecule is C[C@@H]1C(F)=C(F)C=C(F)C1F. The Labute approximate surface area is 61.2 Å². The van der Waals surface area contributed by atoms with Crippen LogP contribution in [0.1, 0.15) is 6.92 Å². The fourth-order valence-electron chi connectivity index (χ4n) is 0.854. The van der Waals surface area contributed by atoms with Crippen LogP contribution in [0.4, 0.5) is 17.6 Å². The molecule has 0 saturated carbocycles. The van der Waals surface area contributed by atoms with Crippen LogP contribution < -0.4 is 0 Å². The zero-order chi connectivity index (χ0) is 8.59. The first-order chi connectivity index (χ1) is 5.04. The summed E-state index contributed by atoms with van der Waals surface area (Å²) in [7, 11) is 0. The summed E-state index contributed by atoms with van der Waals surface area (Å²) in [6.07, 6.45) is -1.81. The molecule has 0 aliphatic heterocycles. The van der Waals surface area contributed by atoms with Crippen LogP contribution in [0.3, 0.4) is 0 Å². The van der Waals surface area contributed by atoms with Crippen LogP contribution >= 0.6 is 0 Å². The van der Waals surface area contributed by atoms with Gasteiger partial charge >= 0.3 is 0 Å². The number of hydrogen-bond acceptors (Lipinski definition) is 0. The Morgan fingerprint density at radius 3 is 2.36 bits per heavy atom. The third-order valence-electron chi connectivity index (χ3n) is 1.59. The molecule has 0 aromatic rings. The summed E-state index contributed by atoms with van der Waals surface area (Å²) < 4.78 is 49.5. The van der Waals surface area contributed by atoms with Gasteiger partial charge in [0.2, 0.25) is 0 Å². The molecule has 0 aromatic heterocycles. The van der Waals surface area contributed by atoms with E-state index in [1.807, 2.05) is 0 Å². The van der Waals surface area contributed by atoms with Gasteiger partial charge in [-0.15, -0.1) is 0 Å². The Morgan fingerprint density at radius 2 is 1.82 bits per heavy atom. The van der Waals surface area contributed by atoms with Crippen molar-refractivity contribution in [3.63, 3.8) is 0 Å². The maximum atomic E-state index is 12.5. The van der Waals surface area contributed by atoms with Gasteiger partial charge in [-0.05, 0) is 0 Å². The first kappa shape index (κ1) is 8.30. The topological polar surface area (TPSA) is 0 Å². The van der Waals surface area contributed by atoms with Crippen molar-refractivity contribution in [2.75, 3.05) is 0 Å². The Bertz CT molecular complexity index is 229. The van der Waals surface area contributed by atoms with Crippen LogP contribution in [0.25, 0.3) is 0 Å². The molecule has 1 rings (SSSR count). The van der Waals surface area contributed by atoms with Crippen LogP contribution in [0.2, 0.25) is 0 Å². The van der Waals surface area contributed by atoms with E-state index < -0.39 is 29.6 Å². The molecule has 4 heteroatoms. The molecule has 1 unspecified atom stereocenters. The van der Waals surface area contributed by atoms with Gasteiger partial charge in [-0.3, -0.25) is 0 Å². The van der Waals surface area contributed by atoms with Gasteiger partial charge in [0.25, 0.3) is 0 Å². The van der Waals surface area contributed by atoms with Gasteiger partial charge in [0.15, 0.2) is 12.0 Å². The zero-order valence-corrected chi connectivity index (χ0v) is 5.74. The average molecular weight is 166 g/mol. The number of halogens is 4. The fourth-order valence-corrected chi connectivity index (χ4v) is 0.854. The Hall–Kier alpha value is -0.800. The second-order valence-corrected chi connectivity index (χ2v) is 2.42. The molecule has 0 bridgehead atoms. The van der Waals surface area contributed by atoms with E-state index in [4.69, 9.17) is 0 Å². The fraction of sp³-hybridized carbons (Fsp3) is 0.429. The molecular formula is C7H6F4. The normalized spacial score (nSPS) is 32.3. The summed E-state index contributed by atoms with van der Waals surface area (Å²) in [6, 6.07) is 0. The van der Waals surface area contributed by atoms with Crippen molar-refractivity contribution in [1.82, 2.24) is 0 Å². The van der Waals surface area contributed by atoms with E-state index in [9.17, 15) is 17.6 Å². The van der Waals surface area contributed by atoms with Crippen molar-refractivity contribution in [3.8, 4) is 0 Å². The molecule has 0 saturated heterocycles. The van der Waals surface area contributed by atoms with Crippen LogP contribution in [0.5, 0.6) is 0 Å². The highest BCUT2D eigenvalue weighted by Crippen LogP contribution is 2.33. The highest BCUT2D eigenvalue weighted by molar-refractivity contribution is 5.27. The van der Waals surface area contributed by atoms with E-state index in [0.29, 0.717) is 0 Å².